The molecule has 1 aliphatic heterocycles. The zero-order valence-corrected chi connectivity index (χ0v) is 15.9. The van der Waals surface area contributed by atoms with Gasteiger partial charge in [0.2, 0.25) is 0 Å². The van der Waals surface area contributed by atoms with Crippen molar-refractivity contribution in [2.45, 2.75) is 19.9 Å². The summed E-state index contributed by atoms with van der Waals surface area (Å²) in [6.45, 7) is 3.48. The van der Waals surface area contributed by atoms with E-state index in [9.17, 15) is 14.7 Å². The van der Waals surface area contributed by atoms with Gasteiger partial charge in [-0.05, 0) is 18.1 Å². The van der Waals surface area contributed by atoms with Crippen molar-refractivity contribution in [3.8, 4) is 11.5 Å². The number of methoxy groups -OCH3 is 2. The zero-order chi connectivity index (χ0) is 18.7. The first-order valence-electron chi connectivity index (χ1n) is 7.52. The molecule has 0 aromatic heterocycles. The van der Waals surface area contributed by atoms with Crippen molar-refractivity contribution in [1.82, 2.24) is 4.90 Å². The van der Waals surface area contributed by atoms with Crippen LogP contribution in [0.25, 0.3) is 6.08 Å². The van der Waals surface area contributed by atoms with E-state index in [2.05, 4.69) is 0 Å². The molecule has 0 bridgehead atoms. The first-order valence-corrected chi connectivity index (χ1v) is 8.75. The number of thioether (sulfide) groups is 1. The molecule has 1 aromatic rings. The Morgan fingerprint density at radius 3 is 2.52 bits per heavy atom. The maximum atomic E-state index is 12.7. The van der Waals surface area contributed by atoms with Crippen molar-refractivity contribution in [2.75, 3.05) is 14.2 Å². The van der Waals surface area contributed by atoms with Gasteiger partial charge < -0.3 is 14.6 Å². The fourth-order valence-electron chi connectivity index (χ4n) is 2.58. The standard InChI is InChI=1S/C17H19NO5S2/c1-9(2)13(16(20)21)18-15(19)12(25-17(18)24)8-10-6-5-7-11(22-3)14(10)23-4/h5-9,13H,1-4H3,(H,20,21)/t13-/m0/s1. The predicted octanol–water partition coefficient (Wildman–Crippen LogP) is 3.01. The summed E-state index contributed by atoms with van der Waals surface area (Å²) >= 11 is 6.33. The lowest BCUT2D eigenvalue weighted by Gasteiger charge is -2.26. The summed E-state index contributed by atoms with van der Waals surface area (Å²) in [7, 11) is 3.04. The maximum absolute atomic E-state index is 12.7. The predicted molar refractivity (Wildman–Crippen MR) is 101 cm³/mol. The van der Waals surface area contributed by atoms with Crippen molar-refractivity contribution >= 4 is 46.3 Å². The largest absolute Gasteiger partial charge is 0.493 e. The van der Waals surface area contributed by atoms with E-state index in [0.717, 1.165) is 11.8 Å². The Balaban J connectivity index is 2.43. The molecular formula is C17H19NO5S2. The van der Waals surface area contributed by atoms with Crippen LogP contribution < -0.4 is 9.47 Å². The molecule has 0 saturated carbocycles. The van der Waals surface area contributed by atoms with Gasteiger partial charge in [0.1, 0.15) is 10.4 Å². The Kier molecular flexibility index (Phi) is 6.07. The van der Waals surface area contributed by atoms with E-state index in [1.54, 1.807) is 38.1 Å². The fraction of sp³-hybridized carbons (Fsp3) is 0.353. The first-order chi connectivity index (χ1) is 11.8. The molecule has 25 heavy (non-hydrogen) atoms. The van der Waals surface area contributed by atoms with Crippen LogP contribution in [0.2, 0.25) is 0 Å². The Bertz CT molecular complexity index is 745. The summed E-state index contributed by atoms with van der Waals surface area (Å²) in [4.78, 5) is 25.8. The minimum absolute atomic E-state index is 0.235. The van der Waals surface area contributed by atoms with Crippen molar-refractivity contribution in [3.05, 3.63) is 28.7 Å². The number of carbonyl (C=O) groups is 2. The first kappa shape index (κ1) is 19.3. The molecule has 1 N–H and O–H groups in total. The van der Waals surface area contributed by atoms with Crippen LogP contribution >= 0.6 is 24.0 Å². The molecule has 0 aliphatic carbocycles. The summed E-state index contributed by atoms with van der Waals surface area (Å²) in [5, 5.41) is 9.45. The maximum Gasteiger partial charge on any atom is 0.327 e. The summed E-state index contributed by atoms with van der Waals surface area (Å²) < 4.78 is 10.8. The van der Waals surface area contributed by atoms with Crippen LogP contribution in [0.5, 0.6) is 11.5 Å². The molecule has 0 radical (unpaired) electrons. The van der Waals surface area contributed by atoms with Gasteiger partial charge in [-0.2, -0.15) is 0 Å². The highest BCUT2D eigenvalue weighted by Gasteiger charge is 2.42. The number of carboxylic acid groups (broad SMARTS) is 1. The van der Waals surface area contributed by atoms with Crippen molar-refractivity contribution in [2.24, 2.45) is 5.92 Å². The molecule has 1 fully saturated rings. The van der Waals surface area contributed by atoms with Gasteiger partial charge >= 0.3 is 5.97 Å². The second kappa shape index (κ2) is 7.88. The molecule has 1 heterocycles. The number of hydrogen-bond donors (Lipinski definition) is 1. The van der Waals surface area contributed by atoms with Crippen LogP contribution in [-0.2, 0) is 9.59 Å². The number of aliphatic carboxylic acids is 1. The smallest absolute Gasteiger partial charge is 0.327 e. The number of carbonyl (C=O) groups excluding carboxylic acids is 1. The molecule has 0 unspecified atom stereocenters. The number of hydrogen-bond acceptors (Lipinski definition) is 6. The molecule has 1 amide bonds. The Labute approximate surface area is 155 Å². The van der Waals surface area contributed by atoms with Crippen molar-refractivity contribution in [3.63, 3.8) is 0 Å². The van der Waals surface area contributed by atoms with Gasteiger partial charge in [0.05, 0.1) is 19.1 Å². The van der Waals surface area contributed by atoms with Crippen LogP contribution in [0, 0.1) is 5.92 Å². The Morgan fingerprint density at radius 1 is 1.32 bits per heavy atom. The Hall–Kier alpha value is -2.06. The van der Waals surface area contributed by atoms with Gasteiger partial charge in [-0.15, -0.1) is 0 Å². The number of benzene rings is 1. The average Bonchev–Trinajstić information content (AvgIpc) is 2.82. The number of para-hydroxylation sites is 1. The molecule has 134 valence electrons. The zero-order valence-electron chi connectivity index (χ0n) is 14.3. The lowest BCUT2D eigenvalue weighted by molar-refractivity contribution is -0.146. The van der Waals surface area contributed by atoms with Crippen LogP contribution in [0.1, 0.15) is 19.4 Å². The third-order valence-electron chi connectivity index (χ3n) is 3.71. The SMILES string of the molecule is COc1cccc(C=C2SC(=S)N([C@H](C(=O)O)C(C)C)C2=O)c1OC. The molecule has 8 heteroatoms. The highest BCUT2D eigenvalue weighted by Crippen LogP contribution is 2.38. The van der Waals surface area contributed by atoms with Gasteiger partial charge in [0.15, 0.2) is 11.5 Å². The van der Waals surface area contributed by atoms with E-state index in [1.807, 2.05) is 0 Å². The lowest BCUT2D eigenvalue weighted by Crippen LogP contribution is -2.47. The van der Waals surface area contributed by atoms with Gasteiger partial charge in [0.25, 0.3) is 5.91 Å². The summed E-state index contributed by atoms with van der Waals surface area (Å²) in [5.74, 6) is -0.732. The number of nitrogens with zero attached hydrogens (tertiary/aromatic N) is 1. The van der Waals surface area contributed by atoms with Gasteiger partial charge in [-0.25, -0.2) is 4.79 Å². The lowest BCUT2D eigenvalue weighted by atomic mass is 10.0. The van der Waals surface area contributed by atoms with Crippen molar-refractivity contribution < 1.29 is 24.2 Å². The molecule has 6 nitrogen and oxygen atoms in total. The normalized spacial score (nSPS) is 17.3. The van der Waals surface area contributed by atoms with Crippen LogP contribution in [0.4, 0.5) is 0 Å². The topological polar surface area (TPSA) is 76.1 Å². The molecule has 1 aliphatic rings. The fourth-order valence-corrected chi connectivity index (χ4v) is 3.90. The number of rotatable bonds is 6. The second-order valence-corrected chi connectivity index (χ2v) is 7.34. The summed E-state index contributed by atoms with van der Waals surface area (Å²) in [5.41, 5.74) is 0.652. The highest BCUT2D eigenvalue weighted by atomic mass is 32.2. The summed E-state index contributed by atoms with van der Waals surface area (Å²) in [6, 6.07) is 4.32. The molecule has 1 aromatic carbocycles. The van der Waals surface area contributed by atoms with E-state index in [1.165, 1.54) is 19.1 Å². The van der Waals surface area contributed by atoms with Crippen LogP contribution in [-0.4, -0.2) is 46.5 Å². The van der Waals surface area contributed by atoms with E-state index in [-0.39, 0.29) is 10.2 Å². The second-order valence-electron chi connectivity index (χ2n) is 5.66. The number of amides is 1. The third kappa shape index (κ3) is 3.80. The van der Waals surface area contributed by atoms with Gasteiger partial charge in [-0.1, -0.05) is 50.0 Å². The average molecular weight is 381 g/mol. The van der Waals surface area contributed by atoms with E-state index in [0.29, 0.717) is 22.0 Å². The molecular weight excluding hydrogens is 362 g/mol. The quantitative estimate of drug-likeness (QED) is 0.599. The molecule has 2 rings (SSSR count). The summed E-state index contributed by atoms with van der Waals surface area (Å²) in [6.07, 6.45) is 1.64. The third-order valence-corrected chi connectivity index (χ3v) is 5.04. The van der Waals surface area contributed by atoms with E-state index >= 15 is 0 Å². The minimum Gasteiger partial charge on any atom is -0.493 e. The van der Waals surface area contributed by atoms with Crippen LogP contribution in [0.15, 0.2) is 23.1 Å². The van der Waals surface area contributed by atoms with E-state index in [4.69, 9.17) is 21.7 Å². The molecule has 0 spiro atoms. The Morgan fingerprint density at radius 2 is 2.00 bits per heavy atom. The number of ether oxygens (including phenoxy) is 2. The number of carboxylic acids is 1. The van der Waals surface area contributed by atoms with E-state index < -0.39 is 17.9 Å². The van der Waals surface area contributed by atoms with Gasteiger partial charge in [-0.3, -0.25) is 9.69 Å². The highest BCUT2D eigenvalue weighted by molar-refractivity contribution is 8.26. The van der Waals surface area contributed by atoms with Gasteiger partial charge in [0, 0.05) is 5.56 Å². The monoisotopic (exact) mass is 381 g/mol. The molecule has 1 saturated heterocycles. The molecule has 1 atom stereocenters. The van der Waals surface area contributed by atoms with Crippen molar-refractivity contribution in [1.29, 1.82) is 0 Å². The van der Waals surface area contributed by atoms with Crippen LogP contribution in [0.3, 0.4) is 0 Å². The number of thiocarbonyl (C=S) groups is 1. The minimum atomic E-state index is -1.08.